The molecule has 0 aliphatic heterocycles. The second-order valence-corrected chi connectivity index (χ2v) is 5.65. The molecule has 2 aromatic heterocycles. The minimum atomic E-state index is -0.540. The summed E-state index contributed by atoms with van der Waals surface area (Å²) in [5.74, 6) is -0.396. The Morgan fingerprint density at radius 1 is 1.04 bits per heavy atom. The van der Waals surface area contributed by atoms with Crippen LogP contribution in [0.25, 0.3) is 22.2 Å². The lowest BCUT2D eigenvalue weighted by Gasteiger charge is -2.03. The number of ether oxygens (including phenoxy) is 1. The third kappa shape index (κ3) is 3.30. The van der Waals surface area contributed by atoms with Gasteiger partial charge in [0.2, 0.25) is 0 Å². The molecule has 0 saturated heterocycles. The summed E-state index contributed by atoms with van der Waals surface area (Å²) in [6.45, 7) is -0.0436. The van der Waals surface area contributed by atoms with Crippen molar-refractivity contribution in [3.05, 3.63) is 83.9 Å². The van der Waals surface area contributed by atoms with E-state index >= 15 is 0 Å². The van der Waals surface area contributed by atoms with Gasteiger partial charge in [0.05, 0.1) is 5.52 Å². The van der Waals surface area contributed by atoms with Crippen molar-refractivity contribution < 1.29 is 18.4 Å². The monoisotopic (exact) mass is 348 g/mol. The SMILES string of the molecule is O=C(OCc1cc(-c2ccc(F)cc2)on1)c1ccc2ccccc2n1. The molecule has 6 heteroatoms. The van der Waals surface area contributed by atoms with Gasteiger partial charge in [0.15, 0.2) is 5.76 Å². The summed E-state index contributed by atoms with van der Waals surface area (Å²) in [6.07, 6.45) is 0. The van der Waals surface area contributed by atoms with Crippen LogP contribution in [0, 0.1) is 5.82 Å². The fourth-order valence-corrected chi connectivity index (χ4v) is 2.52. The minimum absolute atomic E-state index is 0.0436. The molecule has 2 aromatic carbocycles. The molecule has 5 nitrogen and oxygen atoms in total. The normalized spacial score (nSPS) is 10.8. The molecule has 2 heterocycles. The number of carbonyl (C=O) groups is 1. The molecule has 0 N–H and O–H groups in total. The van der Waals surface area contributed by atoms with Gasteiger partial charge in [0.1, 0.15) is 23.8 Å². The number of pyridine rings is 1. The molecule has 0 bridgehead atoms. The lowest BCUT2D eigenvalue weighted by Crippen LogP contribution is -2.07. The third-order valence-electron chi connectivity index (χ3n) is 3.85. The van der Waals surface area contributed by atoms with Gasteiger partial charge in [-0.25, -0.2) is 14.2 Å². The Morgan fingerprint density at radius 3 is 2.69 bits per heavy atom. The average molecular weight is 348 g/mol. The molecule has 0 fully saturated rings. The van der Waals surface area contributed by atoms with Crippen molar-refractivity contribution in [2.75, 3.05) is 0 Å². The first-order valence-corrected chi connectivity index (χ1v) is 7.93. The van der Waals surface area contributed by atoms with Crippen molar-refractivity contribution in [3.8, 4) is 11.3 Å². The van der Waals surface area contributed by atoms with E-state index < -0.39 is 5.97 Å². The summed E-state index contributed by atoms with van der Waals surface area (Å²) in [7, 11) is 0. The van der Waals surface area contributed by atoms with Gasteiger partial charge >= 0.3 is 5.97 Å². The second kappa shape index (κ2) is 6.76. The predicted octanol–water partition coefficient (Wildman–Crippen LogP) is 4.39. The summed E-state index contributed by atoms with van der Waals surface area (Å²) in [4.78, 5) is 16.5. The van der Waals surface area contributed by atoms with E-state index in [9.17, 15) is 9.18 Å². The third-order valence-corrected chi connectivity index (χ3v) is 3.85. The molecule has 0 spiro atoms. The lowest BCUT2D eigenvalue weighted by molar-refractivity contribution is 0.0458. The first-order chi connectivity index (χ1) is 12.7. The van der Waals surface area contributed by atoms with Crippen LogP contribution < -0.4 is 0 Å². The van der Waals surface area contributed by atoms with Crippen LogP contribution in [-0.4, -0.2) is 16.1 Å². The molecule has 4 rings (SSSR count). The molecular formula is C20H13FN2O3. The summed E-state index contributed by atoms with van der Waals surface area (Å²) >= 11 is 0. The van der Waals surface area contributed by atoms with Crippen molar-refractivity contribution in [3.63, 3.8) is 0 Å². The van der Waals surface area contributed by atoms with Gasteiger partial charge in [-0.05, 0) is 36.4 Å². The van der Waals surface area contributed by atoms with Crippen molar-refractivity contribution >= 4 is 16.9 Å². The van der Waals surface area contributed by atoms with Crippen LogP contribution >= 0.6 is 0 Å². The summed E-state index contributed by atoms with van der Waals surface area (Å²) in [6, 6.07) is 18.5. The van der Waals surface area contributed by atoms with Gasteiger partial charge in [0, 0.05) is 17.0 Å². The Bertz CT molecular complexity index is 1070. The van der Waals surface area contributed by atoms with Crippen molar-refractivity contribution in [1.29, 1.82) is 0 Å². The Hall–Kier alpha value is -3.54. The number of fused-ring (bicyclic) bond motifs is 1. The molecule has 0 radical (unpaired) electrons. The largest absolute Gasteiger partial charge is 0.454 e. The number of hydrogen-bond donors (Lipinski definition) is 0. The Balaban J connectivity index is 1.45. The molecule has 0 aliphatic carbocycles. The van der Waals surface area contributed by atoms with Crippen molar-refractivity contribution in [2.45, 2.75) is 6.61 Å². The highest BCUT2D eigenvalue weighted by Gasteiger charge is 2.13. The van der Waals surface area contributed by atoms with Crippen LogP contribution in [0.4, 0.5) is 4.39 Å². The van der Waals surface area contributed by atoms with E-state index in [2.05, 4.69) is 10.1 Å². The average Bonchev–Trinajstić information content (AvgIpc) is 3.15. The van der Waals surface area contributed by atoms with E-state index in [0.717, 1.165) is 10.9 Å². The van der Waals surface area contributed by atoms with Gasteiger partial charge in [-0.15, -0.1) is 0 Å². The van der Waals surface area contributed by atoms with Crippen LogP contribution in [0.2, 0.25) is 0 Å². The molecule has 0 aliphatic rings. The first-order valence-electron chi connectivity index (χ1n) is 7.93. The number of nitrogens with zero attached hydrogens (tertiary/aromatic N) is 2. The van der Waals surface area contributed by atoms with Gasteiger partial charge in [0.25, 0.3) is 0 Å². The van der Waals surface area contributed by atoms with Crippen molar-refractivity contribution in [1.82, 2.24) is 10.1 Å². The molecule has 0 saturated carbocycles. The van der Waals surface area contributed by atoms with Crippen LogP contribution in [0.15, 0.2) is 71.3 Å². The molecule has 0 atom stereocenters. The van der Waals surface area contributed by atoms with Gasteiger partial charge in [-0.2, -0.15) is 0 Å². The fraction of sp³-hybridized carbons (Fsp3) is 0.0500. The number of esters is 1. The van der Waals surface area contributed by atoms with E-state index in [-0.39, 0.29) is 18.1 Å². The van der Waals surface area contributed by atoms with Gasteiger partial charge < -0.3 is 9.26 Å². The van der Waals surface area contributed by atoms with Crippen LogP contribution in [0.5, 0.6) is 0 Å². The minimum Gasteiger partial charge on any atom is -0.454 e. The Labute approximate surface area is 148 Å². The molecule has 0 amide bonds. The fourth-order valence-electron chi connectivity index (χ4n) is 2.52. The van der Waals surface area contributed by atoms with E-state index in [1.165, 1.54) is 12.1 Å². The Kier molecular flexibility index (Phi) is 4.15. The van der Waals surface area contributed by atoms with Crippen LogP contribution in [-0.2, 0) is 11.3 Å². The van der Waals surface area contributed by atoms with E-state index in [0.29, 0.717) is 17.0 Å². The highest BCUT2D eigenvalue weighted by atomic mass is 19.1. The Morgan fingerprint density at radius 2 is 1.85 bits per heavy atom. The van der Waals surface area contributed by atoms with Gasteiger partial charge in [-0.1, -0.05) is 29.4 Å². The topological polar surface area (TPSA) is 65.2 Å². The highest BCUT2D eigenvalue weighted by molar-refractivity contribution is 5.91. The number of para-hydroxylation sites is 1. The zero-order valence-corrected chi connectivity index (χ0v) is 13.6. The molecule has 0 unspecified atom stereocenters. The molecule has 4 aromatic rings. The lowest BCUT2D eigenvalue weighted by atomic mass is 10.1. The van der Waals surface area contributed by atoms with Crippen LogP contribution in [0.1, 0.15) is 16.2 Å². The standard InChI is InChI=1S/C20H13FN2O3/c21-15-8-5-14(6-9-15)19-11-16(23-26-19)12-25-20(24)18-10-7-13-3-1-2-4-17(13)22-18/h1-11H,12H2. The zero-order valence-electron chi connectivity index (χ0n) is 13.6. The molecule has 26 heavy (non-hydrogen) atoms. The van der Waals surface area contributed by atoms with E-state index in [1.54, 1.807) is 24.3 Å². The number of hydrogen-bond acceptors (Lipinski definition) is 5. The number of aromatic nitrogens is 2. The maximum atomic E-state index is 13.0. The first kappa shape index (κ1) is 16.0. The number of benzene rings is 2. The van der Waals surface area contributed by atoms with Crippen LogP contribution in [0.3, 0.4) is 0 Å². The summed E-state index contributed by atoms with van der Waals surface area (Å²) in [5, 5.41) is 4.81. The van der Waals surface area contributed by atoms with Crippen molar-refractivity contribution in [2.24, 2.45) is 0 Å². The van der Waals surface area contributed by atoms with E-state index in [1.807, 2.05) is 30.3 Å². The smallest absolute Gasteiger partial charge is 0.357 e. The number of rotatable bonds is 4. The quantitative estimate of drug-likeness (QED) is 0.512. The predicted molar refractivity (Wildman–Crippen MR) is 92.8 cm³/mol. The number of carbonyl (C=O) groups excluding carboxylic acids is 1. The zero-order chi connectivity index (χ0) is 17.9. The summed E-state index contributed by atoms with van der Waals surface area (Å²) in [5.41, 5.74) is 2.10. The molecular weight excluding hydrogens is 335 g/mol. The van der Waals surface area contributed by atoms with E-state index in [4.69, 9.17) is 9.26 Å². The molecule has 128 valence electrons. The highest BCUT2D eigenvalue weighted by Crippen LogP contribution is 2.21. The summed E-state index contributed by atoms with van der Waals surface area (Å²) < 4.78 is 23.4. The second-order valence-electron chi connectivity index (χ2n) is 5.65. The maximum absolute atomic E-state index is 13.0. The van der Waals surface area contributed by atoms with Gasteiger partial charge in [-0.3, -0.25) is 0 Å². The number of halogens is 1. The maximum Gasteiger partial charge on any atom is 0.357 e.